The SMILES string of the molecule is O=C(O)CCCCCCC/C=C\CCCCCCCCI. The zero-order valence-corrected chi connectivity index (χ0v) is 15.7. The van der Waals surface area contributed by atoms with Gasteiger partial charge in [0.2, 0.25) is 0 Å². The van der Waals surface area contributed by atoms with Crippen molar-refractivity contribution in [2.75, 3.05) is 4.43 Å². The summed E-state index contributed by atoms with van der Waals surface area (Å²) in [5, 5.41) is 8.52. The Labute approximate surface area is 144 Å². The topological polar surface area (TPSA) is 37.3 Å². The van der Waals surface area contributed by atoms with Gasteiger partial charge >= 0.3 is 5.97 Å². The van der Waals surface area contributed by atoms with E-state index >= 15 is 0 Å². The van der Waals surface area contributed by atoms with Gasteiger partial charge in [-0.15, -0.1) is 0 Å². The number of halogens is 1. The Morgan fingerprint density at radius 2 is 1.14 bits per heavy atom. The number of carboxylic acids is 1. The molecule has 0 unspecified atom stereocenters. The van der Waals surface area contributed by atoms with E-state index in [2.05, 4.69) is 34.7 Å². The Balaban J connectivity index is 3.07. The number of aliphatic carboxylic acids is 1. The van der Waals surface area contributed by atoms with E-state index in [4.69, 9.17) is 5.11 Å². The average Bonchev–Trinajstić information content (AvgIpc) is 2.46. The number of allylic oxidation sites excluding steroid dienone is 2. The third-order valence-electron chi connectivity index (χ3n) is 3.68. The highest BCUT2D eigenvalue weighted by Gasteiger charge is 1.95. The first-order chi connectivity index (χ1) is 10.3. The molecule has 0 atom stereocenters. The molecular weight excluding hydrogens is 375 g/mol. The van der Waals surface area contributed by atoms with Crippen LogP contribution in [0, 0.1) is 0 Å². The highest BCUT2D eigenvalue weighted by Crippen LogP contribution is 2.10. The first-order valence-corrected chi connectivity index (χ1v) is 10.2. The lowest BCUT2D eigenvalue weighted by Gasteiger charge is -1.99. The molecule has 21 heavy (non-hydrogen) atoms. The van der Waals surface area contributed by atoms with Gasteiger partial charge < -0.3 is 5.11 Å². The molecule has 0 rings (SSSR count). The van der Waals surface area contributed by atoms with Crippen molar-refractivity contribution in [2.45, 2.75) is 89.9 Å². The van der Waals surface area contributed by atoms with E-state index in [-0.39, 0.29) is 0 Å². The van der Waals surface area contributed by atoms with Crippen molar-refractivity contribution in [1.29, 1.82) is 0 Å². The molecule has 2 nitrogen and oxygen atoms in total. The molecule has 0 amide bonds. The van der Waals surface area contributed by atoms with Crippen LogP contribution in [0.5, 0.6) is 0 Å². The molecule has 0 aromatic rings. The predicted octanol–water partition coefficient (Wildman–Crippen LogP) is 6.52. The van der Waals surface area contributed by atoms with Crippen LogP contribution in [0.15, 0.2) is 12.2 Å². The minimum absolute atomic E-state index is 0.331. The fraction of sp³-hybridized carbons (Fsp3) is 0.833. The van der Waals surface area contributed by atoms with E-state index in [1.165, 1.54) is 75.1 Å². The lowest BCUT2D eigenvalue weighted by Crippen LogP contribution is -1.93. The van der Waals surface area contributed by atoms with Crippen LogP contribution in [-0.2, 0) is 4.79 Å². The van der Waals surface area contributed by atoms with Crippen LogP contribution >= 0.6 is 22.6 Å². The van der Waals surface area contributed by atoms with E-state index in [0.717, 1.165) is 12.8 Å². The van der Waals surface area contributed by atoms with Crippen LogP contribution in [0.3, 0.4) is 0 Å². The second-order valence-corrected chi connectivity index (χ2v) is 6.85. The smallest absolute Gasteiger partial charge is 0.303 e. The summed E-state index contributed by atoms with van der Waals surface area (Å²) in [4.78, 5) is 10.3. The molecule has 0 aliphatic heterocycles. The minimum atomic E-state index is -0.664. The molecule has 0 saturated heterocycles. The lowest BCUT2D eigenvalue weighted by molar-refractivity contribution is -0.137. The van der Waals surface area contributed by atoms with E-state index in [1.807, 2.05) is 0 Å². The monoisotopic (exact) mass is 408 g/mol. The van der Waals surface area contributed by atoms with Gasteiger partial charge in [0.15, 0.2) is 0 Å². The van der Waals surface area contributed by atoms with Crippen molar-refractivity contribution in [1.82, 2.24) is 0 Å². The van der Waals surface area contributed by atoms with Crippen molar-refractivity contribution in [3.8, 4) is 0 Å². The van der Waals surface area contributed by atoms with E-state index in [1.54, 1.807) is 0 Å². The molecule has 0 spiro atoms. The maximum Gasteiger partial charge on any atom is 0.303 e. The maximum absolute atomic E-state index is 10.3. The van der Waals surface area contributed by atoms with E-state index < -0.39 is 5.97 Å². The first kappa shape index (κ1) is 20.9. The number of hydrogen-bond acceptors (Lipinski definition) is 1. The van der Waals surface area contributed by atoms with Gasteiger partial charge in [-0.25, -0.2) is 0 Å². The van der Waals surface area contributed by atoms with Crippen LogP contribution < -0.4 is 0 Å². The van der Waals surface area contributed by atoms with Gasteiger partial charge in [-0.05, 0) is 43.0 Å². The zero-order chi connectivity index (χ0) is 15.6. The highest BCUT2D eigenvalue weighted by molar-refractivity contribution is 14.1. The van der Waals surface area contributed by atoms with Gasteiger partial charge in [0, 0.05) is 6.42 Å². The largest absolute Gasteiger partial charge is 0.481 e. The number of hydrogen-bond donors (Lipinski definition) is 1. The summed E-state index contributed by atoms with van der Waals surface area (Å²) in [6.45, 7) is 0. The molecule has 0 bridgehead atoms. The number of carboxylic acid groups (broad SMARTS) is 1. The first-order valence-electron chi connectivity index (χ1n) is 8.70. The summed E-state index contributed by atoms with van der Waals surface area (Å²) >= 11 is 2.46. The lowest BCUT2D eigenvalue weighted by atomic mass is 10.1. The molecule has 3 heteroatoms. The molecule has 0 radical (unpaired) electrons. The Kier molecular flexibility index (Phi) is 17.9. The standard InChI is InChI=1S/C18H33IO2/c19-17-15-13-11-9-7-5-3-1-2-4-6-8-10-12-14-16-18(20)21/h1-2H,3-17H2,(H,20,21)/b2-1-. The van der Waals surface area contributed by atoms with Gasteiger partial charge in [-0.2, -0.15) is 0 Å². The molecule has 0 heterocycles. The average molecular weight is 408 g/mol. The predicted molar refractivity (Wildman–Crippen MR) is 100 cm³/mol. The van der Waals surface area contributed by atoms with Crippen LogP contribution in [0.1, 0.15) is 89.9 Å². The van der Waals surface area contributed by atoms with Crippen molar-refractivity contribution >= 4 is 28.6 Å². The summed E-state index contributed by atoms with van der Waals surface area (Å²) in [5.74, 6) is -0.664. The van der Waals surface area contributed by atoms with Crippen LogP contribution in [-0.4, -0.2) is 15.5 Å². The van der Waals surface area contributed by atoms with E-state index in [9.17, 15) is 4.79 Å². The van der Waals surface area contributed by atoms with Crippen molar-refractivity contribution < 1.29 is 9.90 Å². The molecular formula is C18H33IO2. The highest BCUT2D eigenvalue weighted by atomic mass is 127. The molecule has 0 aliphatic rings. The molecule has 0 aromatic carbocycles. The summed E-state index contributed by atoms with van der Waals surface area (Å²) in [5.41, 5.74) is 0. The third-order valence-corrected chi connectivity index (χ3v) is 4.45. The molecule has 0 saturated carbocycles. The Bertz CT molecular complexity index is 252. The van der Waals surface area contributed by atoms with Crippen LogP contribution in [0.2, 0.25) is 0 Å². The fourth-order valence-corrected chi connectivity index (χ4v) is 2.91. The van der Waals surface area contributed by atoms with E-state index in [0.29, 0.717) is 6.42 Å². The van der Waals surface area contributed by atoms with Crippen molar-refractivity contribution in [3.63, 3.8) is 0 Å². The molecule has 0 aromatic heterocycles. The summed E-state index contributed by atoms with van der Waals surface area (Å²) in [7, 11) is 0. The molecule has 124 valence electrons. The third kappa shape index (κ3) is 19.9. The Morgan fingerprint density at radius 3 is 1.62 bits per heavy atom. The number of alkyl halides is 1. The van der Waals surface area contributed by atoms with Gasteiger partial charge in [-0.1, -0.05) is 79.7 Å². The fourth-order valence-electron chi connectivity index (χ4n) is 2.37. The number of unbranched alkanes of at least 4 members (excludes halogenated alkanes) is 11. The van der Waals surface area contributed by atoms with Crippen LogP contribution in [0.25, 0.3) is 0 Å². The molecule has 0 aliphatic carbocycles. The summed E-state index contributed by atoms with van der Waals surface area (Å²) in [6.07, 6.45) is 21.3. The maximum atomic E-state index is 10.3. The second-order valence-electron chi connectivity index (χ2n) is 5.77. The van der Waals surface area contributed by atoms with Gasteiger partial charge in [-0.3, -0.25) is 4.79 Å². The van der Waals surface area contributed by atoms with Gasteiger partial charge in [0.05, 0.1) is 0 Å². The van der Waals surface area contributed by atoms with Crippen LogP contribution in [0.4, 0.5) is 0 Å². The quantitative estimate of drug-likeness (QED) is 0.137. The zero-order valence-electron chi connectivity index (χ0n) is 13.5. The molecule has 0 fully saturated rings. The number of carbonyl (C=O) groups is 1. The normalized spacial score (nSPS) is 11.3. The Morgan fingerprint density at radius 1 is 0.714 bits per heavy atom. The Hall–Kier alpha value is -0.0600. The number of rotatable bonds is 16. The van der Waals surface area contributed by atoms with Crippen molar-refractivity contribution in [2.24, 2.45) is 0 Å². The van der Waals surface area contributed by atoms with Gasteiger partial charge in [0.1, 0.15) is 0 Å². The molecule has 1 N–H and O–H groups in total. The minimum Gasteiger partial charge on any atom is -0.481 e. The summed E-state index contributed by atoms with van der Waals surface area (Å²) < 4.78 is 1.31. The van der Waals surface area contributed by atoms with Gasteiger partial charge in [0.25, 0.3) is 0 Å². The second kappa shape index (κ2) is 18.0. The van der Waals surface area contributed by atoms with Crippen molar-refractivity contribution in [3.05, 3.63) is 12.2 Å². The summed E-state index contributed by atoms with van der Waals surface area (Å²) in [6, 6.07) is 0.